The molecule has 0 heterocycles. The van der Waals surface area contributed by atoms with Crippen LogP contribution in [0.4, 0.5) is 0 Å². The molecule has 3 N–H and O–H groups in total. The van der Waals surface area contributed by atoms with Gasteiger partial charge in [-0.05, 0) is 30.9 Å². The lowest BCUT2D eigenvalue weighted by atomic mass is 10.1. The summed E-state index contributed by atoms with van der Waals surface area (Å²) >= 11 is 5.85. The molecular weight excluding hydrogens is 254 g/mol. The Kier molecular flexibility index (Phi) is 3.97. The third-order valence-corrected chi connectivity index (χ3v) is 3.73. The van der Waals surface area contributed by atoms with E-state index in [0.717, 1.165) is 19.3 Å². The van der Waals surface area contributed by atoms with Gasteiger partial charge in [-0.15, -0.1) is 11.6 Å². The molecule has 0 bridgehead atoms. The summed E-state index contributed by atoms with van der Waals surface area (Å²) < 4.78 is 0. The maximum Gasteiger partial charge on any atom is 0.251 e. The number of amides is 1. The van der Waals surface area contributed by atoms with Gasteiger partial charge < -0.3 is 15.5 Å². The van der Waals surface area contributed by atoms with E-state index in [1.165, 1.54) is 18.2 Å². The normalized spacial score (nSPS) is 22.9. The molecule has 0 spiro atoms. The number of carbonyl (C=O) groups is 1. The summed E-state index contributed by atoms with van der Waals surface area (Å²) in [5.41, 5.74) is 0.257. The van der Waals surface area contributed by atoms with E-state index in [4.69, 9.17) is 11.6 Å². The summed E-state index contributed by atoms with van der Waals surface area (Å²) in [6.45, 7) is 0. The summed E-state index contributed by atoms with van der Waals surface area (Å²) in [6, 6.07) is 3.94. The van der Waals surface area contributed by atoms with E-state index in [9.17, 15) is 15.0 Å². The van der Waals surface area contributed by atoms with Gasteiger partial charge in [0, 0.05) is 23.6 Å². The Morgan fingerprint density at radius 3 is 2.56 bits per heavy atom. The van der Waals surface area contributed by atoms with Crippen LogP contribution in [0.3, 0.4) is 0 Å². The number of phenolic OH excluding ortho intramolecular Hbond substituents is 2. The van der Waals surface area contributed by atoms with Crippen molar-refractivity contribution in [3.63, 3.8) is 0 Å². The standard InChI is InChI=1S/C13H16ClNO3/c14-7-8-2-1-3-12(8)15-13(18)9-4-10(16)6-11(17)5-9/h4-6,8,12,16-17H,1-3,7H2,(H,15,18). The van der Waals surface area contributed by atoms with Crippen molar-refractivity contribution in [3.05, 3.63) is 23.8 Å². The first-order valence-corrected chi connectivity index (χ1v) is 6.53. The smallest absolute Gasteiger partial charge is 0.251 e. The monoisotopic (exact) mass is 269 g/mol. The second kappa shape index (κ2) is 5.48. The second-order valence-corrected chi connectivity index (χ2v) is 4.97. The first-order chi connectivity index (χ1) is 8.60. The topological polar surface area (TPSA) is 69.6 Å². The van der Waals surface area contributed by atoms with Crippen molar-refractivity contribution < 1.29 is 15.0 Å². The number of nitrogens with one attached hydrogen (secondary N) is 1. The van der Waals surface area contributed by atoms with Gasteiger partial charge in [0.25, 0.3) is 5.91 Å². The molecule has 1 aliphatic rings. The number of aromatic hydroxyl groups is 2. The van der Waals surface area contributed by atoms with E-state index in [1.54, 1.807) is 0 Å². The largest absolute Gasteiger partial charge is 0.508 e. The minimum absolute atomic E-state index is 0.0829. The number of hydrogen-bond donors (Lipinski definition) is 3. The van der Waals surface area contributed by atoms with Crippen molar-refractivity contribution in [1.29, 1.82) is 0 Å². The van der Waals surface area contributed by atoms with E-state index in [0.29, 0.717) is 11.8 Å². The summed E-state index contributed by atoms with van der Waals surface area (Å²) in [5, 5.41) is 21.6. The van der Waals surface area contributed by atoms with Gasteiger partial charge in [-0.3, -0.25) is 4.79 Å². The molecule has 0 aliphatic heterocycles. The molecule has 1 fully saturated rings. The van der Waals surface area contributed by atoms with Crippen molar-refractivity contribution in [1.82, 2.24) is 5.32 Å². The van der Waals surface area contributed by atoms with Gasteiger partial charge in [0.1, 0.15) is 11.5 Å². The maximum absolute atomic E-state index is 12.0. The Morgan fingerprint density at radius 2 is 1.94 bits per heavy atom. The van der Waals surface area contributed by atoms with Crippen LogP contribution in [0.2, 0.25) is 0 Å². The molecule has 4 nitrogen and oxygen atoms in total. The Labute approximate surface area is 111 Å². The lowest BCUT2D eigenvalue weighted by molar-refractivity contribution is 0.0929. The third-order valence-electron chi connectivity index (χ3n) is 3.34. The van der Waals surface area contributed by atoms with Gasteiger partial charge in [0.2, 0.25) is 0 Å². The van der Waals surface area contributed by atoms with Crippen molar-refractivity contribution in [2.24, 2.45) is 5.92 Å². The van der Waals surface area contributed by atoms with Gasteiger partial charge in [0.05, 0.1) is 0 Å². The minimum atomic E-state index is -0.289. The Bertz CT molecular complexity index is 430. The quantitative estimate of drug-likeness (QED) is 0.737. The van der Waals surface area contributed by atoms with Crippen LogP contribution < -0.4 is 5.32 Å². The van der Waals surface area contributed by atoms with E-state index in [2.05, 4.69) is 5.32 Å². The number of halogens is 1. The van der Waals surface area contributed by atoms with Gasteiger partial charge in [-0.1, -0.05) is 6.42 Å². The maximum atomic E-state index is 12.0. The fraction of sp³-hybridized carbons (Fsp3) is 0.462. The van der Waals surface area contributed by atoms with E-state index in [-0.39, 0.29) is 29.0 Å². The van der Waals surface area contributed by atoms with Crippen LogP contribution in [0.15, 0.2) is 18.2 Å². The molecule has 98 valence electrons. The van der Waals surface area contributed by atoms with Crippen LogP contribution >= 0.6 is 11.6 Å². The number of benzene rings is 1. The lowest BCUT2D eigenvalue weighted by Gasteiger charge is -2.19. The van der Waals surface area contributed by atoms with Gasteiger partial charge in [0.15, 0.2) is 0 Å². The molecule has 0 aromatic heterocycles. The summed E-state index contributed by atoms with van der Waals surface area (Å²) in [4.78, 5) is 12.0. The highest BCUT2D eigenvalue weighted by Crippen LogP contribution is 2.27. The molecular formula is C13H16ClNO3. The fourth-order valence-electron chi connectivity index (χ4n) is 2.39. The number of hydrogen-bond acceptors (Lipinski definition) is 3. The fourth-order valence-corrected chi connectivity index (χ4v) is 2.76. The van der Waals surface area contributed by atoms with E-state index < -0.39 is 0 Å². The van der Waals surface area contributed by atoms with Gasteiger partial charge in [-0.2, -0.15) is 0 Å². The van der Waals surface area contributed by atoms with Gasteiger partial charge >= 0.3 is 0 Å². The SMILES string of the molecule is O=C(NC1CCCC1CCl)c1cc(O)cc(O)c1. The predicted octanol–water partition coefficient (Wildman–Crippen LogP) is 2.24. The average molecular weight is 270 g/mol. The molecule has 1 amide bonds. The molecule has 1 aromatic rings. The number of phenols is 2. The van der Waals surface area contributed by atoms with Crippen LogP contribution in [0, 0.1) is 5.92 Å². The van der Waals surface area contributed by atoms with Crippen LogP contribution in [0.25, 0.3) is 0 Å². The first-order valence-electron chi connectivity index (χ1n) is 6.00. The van der Waals surface area contributed by atoms with Crippen LogP contribution in [0.5, 0.6) is 11.5 Å². The number of carbonyl (C=O) groups excluding carboxylic acids is 1. The first kappa shape index (κ1) is 13.0. The van der Waals surface area contributed by atoms with Crippen molar-refractivity contribution in [3.8, 4) is 11.5 Å². The van der Waals surface area contributed by atoms with Crippen LogP contribution in [-0.2, 0) is 0 Å². The van der Waals surface area contributed by atoms with E-state index in [1.807, 2.05) is 0 Å². The van der Waals surface area contributed by atoms with Crippen molar-refractivity contribution in [2.45, 2.75) is 25.3 Å². The summed E-state index contributed by atoms with van der Waals surface area (Å²) in [6.07, 6.45) is 3.02. The number of rotatable bonds is 3. The molecule has 2 unspecified atom stereocenters. The Morgan fingerprint density at radius 1 is 1.28 bits per heavy atom. The molecule has 0 radical (unpaired) electrons. The molecule has 1 saturated carbocycles. The predicted molar refractivity (Wildman–Crippen MR) is 69.1 cm³/mol. The zero-order valence-electron chi connectivity index (χ0n) is 9.90. The highest BCUT2D eigenvalue weighted by molar-refractivity contribution is 6.18. The van der Waals surface area contributed by atoms with Crippen LogP contribution in [-0.4, -0.2) is 28.0 Å². The average Bonchev–Trinajstić information content (AvgIpc) is 2.75. The van der Waals surface area contributed by atoms with E-state index >= 15 is 0 Å². The zero-order chi connectivity index (χ0) is 13.1. The minimum Gasteiger partial charge on any atom is -0.508 e. The molecule has 0 saturated heterocycles. The molecule has 18 heavy (non-hydrogen) atoms. The highest BCUT2D eigenvalue weighted by Gasteiger charge is 2.28. The Hall–Kier alpha value is -1.42. The molecule has 1 aromatic carbocycles. The summed E-state index contributed by atoms with van der Waals surface area (Å²) in [5.74, 6) is 0.307. The van der Waals surface area contributed by atoms with Crippen molar-refractivity contribution in [2.75, 3.05) is 5.88 Å². The lowest BCUT2D eigenvalue weighted by Crippen LogP contribution is -2.37. The highest BCUT2D eigenvalue weighted by atomic mass is 35.5. The third kappa shape index (κ3) is 2.88. The molecule has 1 aliphatic carbocycles. The molecule has 5 heteroatoms. The molecule has 2 rings (SSSR count). The van der Waals surface area contributed by atoms with Crippen molar-refractivity contribution >= 4 is 17.5 Å². The second-order valence-electron chi connectivity index (χ2n) is 4.66. The molecule has 2 atom stereocenters. The number of alkyl halides is 1. The van der Waals surface area contributed by atoms with Gasteiger partial charge in [-0.25, -0.2) is 0 Å². The zero-order valence-corrected chi connectivity index (χ0v) is 10.7. The summed E-state index contributed by atoms with van der Waals surface area (Å²) in [7, 11) is 0. The van der Waals surface area contributed by atoms with Crippen LogP contribution in [0.1, 0.15) is 29.6 Å². The Balaban J connectivity index is 2.07.